The van der Waals surface area contributed by atoms with Crippen LogP contribution in [0.15, 0.2) is 35.1 Å². The summed E-state index contributed by atoms with van der Waals surface area (Å²) in [6.07, 6.45) is 1.95. The molecule has 0 aliphatic heterocycles. The molecule has 0 aliphatic rings. The SMILES string of the molecule is Cc1sc2nc([C@@H](C)OC(=O)/C=C/c3cccc(F)c3)[nH]c(=O)c2c1C. The molecule has 1 aromatic carbocycles. The largest absolute Gasteiger partial charge is 0.451 e. The number of hydrogen-bond acceptors (Lipinski definition) is 5. The molecule has 0 spiro atoms. The van der Waals surface area contributed by atoms with Crippen LogP contribution < -0.4 is 5.56 Å². The van der Waals surface area contributed by atoms with Gasteiger partial charge in [-0.25, -0.2) is 14.2 Å². The molecule has 134 valence electrons. The minimum Gasteiger partial charge on any atom is -0.451 e. The maximum Gasteiger partial charge on any atom is 0.331 e. The van der Waals surface area contributed by atoms with Gasteiger partial charge in [0.2, 0.25) is 0 Å². The fourth-order valence-corrected chi connectivity index (χ4v) is 3.54. The van der Waals surface area contributed by atoms with Crippen molar-refractivity contribution in [1.82, 2.24) is 9.97 Å². The Bertz CT molecular complexity index is 1070. The van der Waals surface area contributed by atoms with Crippen LogP contribution in [-0.4, -0.2) is 15.9 Å². The van der Waals surface area contributed by atoms with Crippen LogP contribution in [0.3, 0.4) is 0 Å². The lowest BCUT2D eigenvalue weighted by Crippen LogP contribution is -2.16. The van der Waals surface area contributed by atoms with Gasteiger partial charge in [-0.05, 0) is 50.1 Å². The third-order valence-corrected chi connectivity index (χ3v) is 5.10. The van der Waals surface area contributed by atoms with Crippen LogP contribution in [0.4, 0.5) is 4.39 Å². The molecule has 0 amide bonds. The van der Waals surface area contributed by atoms with Gasteiger partial charge >= 0.3 is 5.97 Å². The van der Waals surface area contributed by atoms with Crippen molar-refractivity contribution in [2.24, 2.45) is 0 Å². The molecule has 0 bridgehead atoms. The van der Waals surface area contributed by atoms with Crippen molar-refractivity contribution in [2.75, 3.05) is 0 Å². The highest BCUT2D eigenvalue weighted by molar-refractivity contribution is 7.18. The second-order valence-corrected chi connectivity index (χ2v) is 7.09. The van der Waals surface area contributed by atoms with E-state index in [-0.39, 0.29) is 17.2 Å². The van der Waals surface area contributed by atoms with Crippen LogP contribution >= 0.6 is 11.3 Å². The first-order chi connectivity index (χ1) is 12.3. The third kappa shape index (κ3) is 3.72. The highest BCUT2D eigenvalue weighted by atomic mass is 32.1. The van der Waals surface area contributed by atoms with E-state index in [2.05, 4.69) is 9.97 Å². The Balaban J connectivity index is 1.77. The molecule has 0 unspecified atom stereocenters. The number of rotatable bonds is 4. The molecule has 0 fully saturated rings. The number of fused-ring (bicyclic) bond motifs is 1. The molecule has 0 saturated heterocycles. The first kappa shape index (κ1) is 18.0. The monoisotopic (exact) mass is 372 g/mol. The Morgan fingerprint density at radius 3 is 2.88 bits per heavy atom. The minimum atomic E-state index is -0.723. The molecule has 0 radical (unpaired) electrons. The number of hydrogen-bond donors (Lipinski definition) is 1. The number of carbonyl (C=O) groups excluding carboxylic acids is 1. The Morgan fingerprint density at radius 1 is 1.38 bits per heavy atom. The van der Waals surface area contributed by atoms with Crippen LogP contribution in [0.25, 0.3) is 16.3 Å². The van der Waals surface area contributed by atoms with Crippen LogP contribution in [0, 0.1) is 19.7 Å². The molecule has 0 aliphatic carbocycles. The van der Waals surface area contributed by atoms with Crippen molar-refractivity contribution in [3.8, 4) is 0 Å². The van der Waals surface area contributed by atoms with E-state index in [1.165, 1.54) is 35.6 Å². The molecule has 26 heavy (non-hydrogen) atoms. The normalized spacial score (nSPS) is 12.6. The molecular formula is C19H17FN2O3S. The summed E-state index contributed by atoms with van der Waals surface area (Å²) in [5.74, 6) is -0.704. The number of aromatic amines is 1. The number of carbonyl (C=O) groups is 1. The Kier molecular flexibility index (Phi) is 4.99. The molecule has 1 N–H and O–H groups in total. The Labute approximate surface area is 153 Å². The highest BCUT2D eigenvalue weighted by Gasteiger charge is 2.17. The third-order valence-electron chi connectivity index (χ3n) is 4.00. The van der Waals surface area contributed by atoms with Crippen molar-refractivity contribution in [3.63, 3.8) is 0 Å². The van der Waals surface area contributed by atoms with E-state index in [9.17, 15) is 14.0 Å². The van der Waals surface area contributed by atoms with Crippen molar-refractivity contribution >= 4 is 33.6 Å². The summed E-state index contributed by atoms with van der Waals surface area (Å²) in [4.78, 5) is 33.0. The van der Waals surface area contributed by atoms with E-state index < -0.39 is 12.1 Å². The number of H-pyrrole nitrogens is 1. The molecule has 0 saturated carbocycles. The summed E-state index contributed by atoms with van der Waals surface area (Å²) in [5, 5.41) is 0.570. The molecule has 3 rings (SSSR count). The number of aryl methyl sites for hydroxylation is 2. The lowest BCUT2D eigenvalue weighted by molar-refractivity contribution is -0.142. The summed E-state index contributed by atoms with van der Waals surface area (Å²) in [6.45, 7) is 5.44. The number of halogens is 1. The fraction of sp³-hybridized carbons (Fsp3) is 0.211. The predicted octanol–water partition coefficient (Wildman–Crippen LogP) is 4.06. The van der Waals surface area contributed by atoms with Gasteiger partial charge in [0, 0.05) is 11.0 Å². The molecule has 2 heterocycles. The lowest BCUT2D eigenvalue weighted by Gasteiger charge is -2.11. The zero-order chi connectivity index (χ0) is 18.8. The van der Waals surface area contributed by atoms with E-state index in [4.69, 9.17) is 4.74 Å². The fourth-order valence-electron chi connectivity index (χ4n) is 2.51. The summed E-state index contributed by atoms with van der Waals surface area (Å²) in [7, 11) is 0. The predicted molar refractivity (Wildman–Crippen MR) is 99.7 cm³/mol. The van der Waals surface area contributed by atoms with Crippen LogP contribution in [-0.2, 0) is 9.53 Å². The summed E-state index contributed by atoms with van der Waals surface area (Å²) in [5.41, 5.74) is 1.21. The number of aromatic nitrogens is 2. The smallest absolute Gasteiger partial charge is 0.331 e. The molecular weight excluding hydrogens is 355 g/mol. The van der Waals surface area contributed by atoms with Crippen molar-refractivity contribution in [3.05, 3.63) is 68.3 Å². The average molecular weight is 372 g/mol. The van der Waals surface area contributed by atoms with Gasteiger partial charge in [0.1, 0.15) is 10.6 Å². The first-order valence-electron chi connectivity index (χ1n) is 7.99. The average Bonchev–Trinajstić information content (AvgIpc) is 2.87. The quantitative estimate of drug-likeness (QED) is 0.554. The number of benzene rings is 1. The zero-order valence-electron chi connectivity index (χ0n) is 14.5. The first-order valence-corrected chi connectivity index (χ1v) is 8.81. The molecule has 7 heteroatoms. The second kappa shape index (κ2) is 7.21. The topological polar surface area (TPSA) is 72.0 Å². The molecule has 3 aromatic rings. The van der Waals surface area contributed by atoms with E-state index in [0.717, 1.165) is 10.4 Å². The van der Waals surface area contributed by atoms with Crippen molar-refractivity contribution < 1.29 is 13.9 Å². The summed E-state index contributed by atoms with van der Waals surface area (Å²) < 4.78 is 18.4. The maximum atomic E-state index is 13.1. The highest BCUT2D eigenvalue weighted by Crippen LogP contribution is 2.26. The number of nitrogens with one attached hydrogen (secondary N) is 1. The minimum absolute atomic E-state index is 0.245. The van der Waals surface area contributed by atoms with E-state index in [1.807, 2.05) is 13.8 Å². The molecule has 1 atom stereocenters. The number of thiophene rings is 1. The van der Waals surface area contributed by atoms with E-state index in [0.29, 0.717) is 15.8 Å². The second-order valence-electron chi connectivity index (χ2n) is 5.88. The number of esters is 1. The van der Waals surface area contributed by atoms with Crippen LogP contribution in [0.5, 0.6) is 0 Å². The van der Waals surface area contributed by atoms with Gasteiger partial charge in [0.25, 0.3) is 5.56 Å². The lowest BCUT2D eigenvalue weighted by atomic mass is 10.2. The van der Waals surface area contributed by atoms with Gasteiger partial charge in [-0.2, -0.15) is 0 Å². The van der Waals surface area contributed by atoms with Gasteiger partial charge in [-0.15, -0.1) is 11.3 Å². The van der Waals surface area contributed by atoms with Gasteiger partial charge in [0.05, 0.1) is 5.39 Å². The number of nitrogens with zero attached hydrogens (tertiary/aromatic N) is 1. The van der Waals surface area contributed by atoms with Gasteiger partial charge < -0.3 is 9.72 Å². The van der Waals surface area contributed by atoms with Crippen LogP contribution in [0.1, 0.15) is 34.9 Å². The Hall–Kier alpha value is -2.80. The van der Waals surface area contributed by atoms with Crippen LogP contribution in [0.2, 0.25) is 0 Å². The molecule has 2 aromatic heterocycles. The maximum absolute atomic E-state index is 13.1. The molecule has 5 nitrogen and oxygen atoms in total. The van der Waals surface area contributed by atoms with Gasteiger partial charge in [-0.3, -0.25) is 4.79 Å². The van der Waals surface area contributed by atoms with Crippen molar-refractivity contribution in [2.45, 2.75) is 26.9 Å². The van der Waals surface area contributed by atoms with E-state index in [1.54, 1.807) is 19.1 Å². The summed E-state index contributed by atoms with van der Waals surface area (Å²) >= 11 is 1.43. The van der Waals surface area contributed by atoms with Gasteiger partial charge in [-0.1, -0.05) is 12.1 Å². The Morgan fingerprint density at radius 2 is 2.15 bits per heavy atom. The van der Waals surface area contributed by atoms with Crippen molar-refractivity contribution in [1.29, 1.82) is 0 Å². The zero-order valence-corrected chi connectivity index (χ0v) is 15.3. The van der Waals surface area contributed by atoms with E-state index >= 15 is 0 Å². The summed E-state index contributed by atoms with van der Waals surface area (Å²) in [6, 6.07) is 5.86. The number of ether oxygens (including phenoxy) is 1. The standard InChI is InChI=1S/C19H17FN2O3S/c1-10-12(3)26-19-16(10)18(24)21-17(22-19)11(2)25-15(23)8-7-13-5-4-6-14(20)9-13/h4-9,11H,1-3H3,(H,21,22,24)/b8-7+/t11-/m1/s1. The van der Waals surface area contributed by atoms with Gasteiger partial charge in [0.15, 0.2) is 11.9 Å².